The Kier molecular flexibility index (Phi) is 4.73. The Morgan fingerprint density at radius 1 is 1.22 bits per heavy atom. The summed E-state index contributed by atoms with van der Waals surface area (Å²) in [5.41, 5.74) is 2.17. The van der Waals surface area contributed by atoms with Crippen LogP contribution < -0.4 is 10.6 Å². The van der Waals surface area contributed by atoms with Crippen LogP contribution in [-0.2, 0) is 17.8 Å². The van der Waals surface area contributed by atoms with Crippen LogP contribution in [-0.4, -0.2) is 30.4 Å². The summed E-state index contributed by atoms with van der Waals surface area (Å²) in [5, 5.41) is 6.94. The smallest absolute Gasteiger partial charge is 0.321 e. The van der Waals surface area contributed by atoms with Crippen LogP contribution in [0.5, 0.6) is 0 Å². The molecule has 6 heteroatoms. The Morgan fingerprint density at radius 3 is 2.74 bits per heavy atom. The van der Waals surface area contributed by atoms with Gasteiger partial charge in [-0.1, -0.05) is 30.3 Å². The van der Waals surface area contributed by atoms with Crippen molar-refractivity contribution in [3.05, 3.63) is 57.8 Å². The third-order valence-corrected chi connectivity index (χ3v) is 5.05. The molecule has 0 saturated carbocycles. The van der Waals surface area contributed by atoms with Crippen LogP contribution in [0, 0.1) is 0 Å². The Labute approximate surface area is 139 Å². The minimum atomic E-state index is -0.482. The maximum atomic E-state index is 12.7. The first-order valence-corrected chi connectivity index (χ1v) is 8.44. The van der Waals surface area contributed by atoms with E-state index in [1.165, 1.54) is 17.5 Å². The molecule has 3 rings (SSSR count). The molecule has 1 aromatic heterocycles. The number of carbonyl (C=O) groups is 2. The van der Waals surface area contributed by atoms with Crippen LogP contribution in [0.15, 0.2) is 41.8 Å². The van der Waals surface area contributed by atoms with Gasteiger partial charge in [0.1, 0.15) is 6.04 Å². The number of amides is 3. The molecule has 0 saturated heterocycles. The summed E-state index contributed by atoms with van der Waals surface area (Å²) in [4.78, 5) is 27.7. The van der Waals surface area contributed by atoms with Crippen LogP contribution in [0.1, 0.15) is 22.0 Å². The van der Waals surface area contributed by atoms with Gasteiger partial charge in [0.25, 0.3) is 0 Å². The Morgan fingerprint density at radius 2 is 2.00 bits per heavy atom. The molecule has 120 valence electrons. The maximum Gasteiger partial charge on any atom is 0.321 e. The molecule has 2 heterocycles. The van der Waals surface area contributed by atoms with Crippen molar-refractivity contribution in [2.45, 2.75) is 19.0 Å². The van der Waals surface area contributed by atoms with Crippen molar-refractivity contribution in [2.24, 2.45) is 0 Å². The van der Waals surface area contributed by atoms with Crippen molar-refractivity contribution in [3.8, 4) is 0 Å². The van der Waals surface area contributed by atoms with Crippen LogP contribution in [0.4, 0.5) is 4.79 Å². The summed E-state index contributed by atoms with van der Waals surface area (Å²) in [6, 6.07) is 10.8. The van der Waals surface area contributed by atoms with Crippen LogP contribution in [0.25, 0.3) is 0 Å². The summed E-state index contributed by atoms with van der Waals surface area (Å²) in [5.74, 6) is -0.297. The van der Waals surface area contributed by atoms with Crippen LogP contribution in [0.3, 0.4) is 0 Å². The molecule has 0 fully saturated rings. The molecule has 3 amide bonds. The van der Waals surface area contributed by atoms with E-state index in [1.807, 2.05) is 30.3 Å². The van der Waals surface area contributed by atoms with Crippen LogP contribution >= 0.6 is 11.3 Å². The Balaban J connectivity index is 1.87. The van der Waals surface area contributed by atoms with Gasteiger partial charge in [0, 0.05) is 25.0 Å². The number of imide groups is 1. The van der Waals surface area contributed by atoms with Crippen molar-refractivity contribution < 1.29 is 9.59 Å². The lowest BCUT2D eigenvalue weighted by atomic mass is 10.0. The SMILES string of the molecule is CNC(=O)NC(=O)[C@@H](c1ccccc1)N1CCc2sccc2C1. The molecule has 2 N–H and O–H groups in total. The highest BCUT2D eigenvalue weighted by molar-refractivity contribution is 7.10. The van der Waals surface area contributed by atoms with Gasteiger partial charge in [-0.05, 0) is 29.0 Å². The topological polar surface area (TPSA) is 61.4 Å². The quantitative estimate of drug-likeness (QED) is 0.908. The highest BCUT2D eigenvalue weighted by atomic mass is 32.1. The summed E-state index contributed by atoms with van der Waals surface area (Å²) in [6.45, 7) is 1.52. The first-order chi connectivity index (χ1) is 11.2. The van der Waals surface area contributed by atoms with E-state index in [0.717, 1.165) is 25.1 Å². The second-order valence-electron chi connectivity index (χ2n) is 5.47. The fourth-order valence-corrected chi connectivity index (χ4v) is 3.79. The summed E-state index contributed by atoms with van der Waals surface area (Å²) >= 11 is 1.77. The van der Waals surface area contributed by atoms with Gasteiger partial charge in [-0.2, -0.15) is 0 Å². The number of benzene rings is 1. The molecular formula is C17H19N3O2S. The number of fused-ring (bicyclic) bond motifs is 1. The van der Waals surface area contributed by atoms with E-state index in [4.69, 9.17) is 0 Å². The highest BCUT2D eigenvalue weighted by Crippen LogP contribution is 2.30. The summed E-state index contributed by atoms with van der Waals surface area (Å²) in [7, 11) is 1.50. The lowest BCUT2D eigenvalue weighted by Gasteiger charge is -2.33. The fraction of sp³-hybridized carbons (Fsp3) is 0.294. The standard InChI is InChI=1S/C17H19N3O2S/c1-18-17(22)19-16(21)15(12-5-3-2-4-6-12)20-9-7-14-13(11-20)8-10-23-14/h2-6,8,10,15H,7,9,11H2,1H3,(H2,18,19,21,22)/t15-/m1/s1. The number of nitrogens with one attached hydrogen (secondary N) is 2. The van der Waals surface area contributed by atoms with Gasteiger partial charge in [0.15, 0.2) is 0 Å². The van der Waals surface area contributed by atoms with Gasteiger partial charge in [-0.3, -0.25) is 15.0 Å². The number of thiophene rings is 1. The zero-order chi connectivity index (χ0) is 16.2. The van der Waals surface area contributed by atoms with E-state index in [0.29, 0.717) is 0 Å². The average Bonchev–Trinajstić information content (AvgIpc) is 3.03. The molecule has 23 heavy (non-hydrogen) atoms. The third kappa shape index (κ3) is 3.43. The average molecular weight is 329 g/mol. The highest BCUT2D eigenvalue weighted by Gasteiger charge is 2.31. The molecular weight excluding hydrogens is 310 g/mol. The first-order valence-electron chi connectivity index (χ1n) is 7.56. The number of hydrogen-bond acceptors (Lipinski definition) is 4. The number of rotatable bonds is 3. The number of nitrogens with zero attached hydrogens (tertiary/aromatic N) is 1. The lowest BCUT2D eigenvalue weighted by Crippen LogP contribution is -2.46. The van der Waals surface area contributed by atoms with Crippen molar-refractivity contribution >= 4 is 23.3 Å². The Hall–Kier alpha value is -2.18. The second kappa shape index (κ2) is 6.93. The molecule has 5 nitrogen and oxygen atoms in total. The molecule has 0 aliphatic carbocycles. The van der Waals surface area contributed by atoms with Crippen molar-refractivity contribution in [1.82, 2.24) is 15.5 Å². The molecule has 0 spiro atoms. The summed E-state index contributed by atoms with van der Waals surface area (Å²) in [6.07, 6.45) is 0.934. The van der Waals surface area contributed by atoms with Gasteiger partial charge in [-0.25, -0.2) is 4.79 Å². The normalized spacial score (nSPS) is 15.5. The fourth-order valence-electron chi connectivity index (χ4n) is 2.90. The molecule has 1 aliphatic rings. The van der Waals surface area contributed by atoms with E-state index < -0.39 is 12.1 Å². The molecule has 2 aromatic rings. The summed E-state index contributed by atoms with van der Waals surface area (Å²) < 4.78 is 0. The van der Waals surface area contributed by atoms with E-state index >= 15 is 0 Å². The van der Waals surface area contributed by atoms with Crippen molar-refractivity contribution in [3.63, 3.8) is 0 Å². The van der Waals surface area contributed by atoms with Gasteiger partial charge >= 0.3 is 6.03 Å². The zero-order valence-electron chi connectivity index (χ0n) is 12.9. The molecule has 0 unspecified atom stereocenters. The maximum absolute atomic E-state index is 12.7. The van der Waals surface area contributed by atoms with Gasteiger partial charge in [0.2, 0.25) is 5.91 Å². The number of hydrogen-bond donors (Lipinski definition) is 2. The lowest BCUT2D eigenvalue weighted by molar-refractivity contribution is -0.126. The van der Waals surface area contributed by atoms with Crippen molar-refractivity contribution in [1.29, 1.82) is 0 Å². The molecule has 0 radical (unpaired) electrons. The minimum absolute atomic E-state index is 0.297. The largest absolute Gasteiger partial charge is 0.341 e. The van der Waals surface area contributed by atoms with Crippen molar-refractivity contribution in [2.75, 3.05) is 13.6 Å². The Bertz CT molecular complexity index is 699. The zero-order valence-corrected chi connectivity index (χ0v) is 13.7. The predicted molar refractivity (Wildman–Crippen MR) is 90.2 cm³/mol. The van der Waals surface area contributed by atoms with Gasteiger partial charge in [0.05, 0.1) is 0 Å². The van der Waals surface area contributed by atoms with E-state index in [1.54, 1.807) is 11.3 Å². The minimum Gasteiger partial charge on any atom is -0.341 e. The van der Waals surface area contributed by atoms with E-state index in [9.17, 15) is 9.59 Å². The molecule has 1 aliphatic heterocycles. The van der Waals surface area contributed by atoms with Gasteiger partial charge < -0.3 is 5.32 Å². The number of urea groups is 1. The third-order valence-electron chi connectivity index (χ3n) is 4.03. The van der Waals surface area contributed by atoms with Crippen LogP contribution in [0.2, 0.25) is 0 Å². The van der Waals surface area contributed by atoms with E-state index in [2.05, 4.69) is 27.0 Å². The first kappa shape index (κ1) is 15.7. The predicted octanol–water partition coefficient (Wildman–Crippen LogP) is 2.30. The van der Waals surface area contributed by atoms with Gasteiger partial charge in [-0.15, -0.1) is 11.3 Å². The monoisotopic (exact) mass is 329 g/mol. The molecule has 0 bridgehead atoms. The molecule has 1 aromatic carbocycles. The second-order valence-corrected chi connectivity index (χ2v) is 6.47. The molecule has 1 atom stereocenters. The van der Waals surface area contributed by atoms with E-state index in [-0.39, 0.29) is 5.91 Å². The number of carbonyl (C=O) groups excluding carboxylic acids is 2.